The molecule has 0 spiro atoms. The highest BCUT2D eigenvalue weighted by Gasteiger charge is 2.34. The van der Waals surface area contributed by atoms with Crippen molar-refractivity contribution in [2.24, 2.45) is 5.92 Å². The summed E-state index contributed by atoms with van der Waals surface area (Å²) in [5.41, 5.74) is 2.60. The largest absolute Gasteiger partial charge is 0.474 e. The van der Waals surface area contributed by atoms with E-state index in [1.54, 1.807) is 23.4 Å². The Morgan fingerprint density at radius 1 is 1.03 bits per heavy atom. The first kappa shape index (κ1) is 21.7. The van der Waals surface area contributed by atoms with Gasteiger partial charge in [0, 0.05) is 36.0 Å². The van der Waals surface area contributed by atoms with E-state index in [1.807, 2.05) is 30.3 Å². The zero-order valence-corrected chi connectivity index (χ0v) is 18.9. The normalized spacial score (nSPS) is 19.1. The van der Waals surface area contributed by atoms with Crippen molar-refractivity contribution in [3.63, 3.8) is 0 Å². The van der Waals surface area contributed by atoms with Crippen molar-refractivity contribution < 1.29 is 9.53 Å². The predicted octanol–water partition coefficient (Wildman–Crippen LogP) is 3.31. The molecule has 5 rings (SSSR count). The first-order chi connectivity index (χ1) is 16.2. The number of pyridine rings is 2. The fraction of sp³-hybridized carbons (Fsp3) is 0.375. The number of carbonyl (C=O) groups is 1. The monoisotopic (exact) mass is 464 g/mol. The van der Waals surface area contributed by atoms with Gasteiger partial charge < -0.3 is 10.1 Å². The first-order valence-corrected chi connectivity index (χ1v) is 11.6. The molecule has 2 aliphatic heterocycles. The Morgan fingerprint density at radius 2 is 1.85 bits per heavy atom. The lowest BCUT2D eigenvalue weighted by atomic mass is 9.98. The van der Waals surface area contributed by atoms with Crippen molar-refractivity contribution in [3.8, 4) is 17.1 Å². The molecule has 0 aliphatic carbocycles. The highest BCUT2D eigenvalue weighted by atomic mass is 35.5. The third-order valence-electron chi connectivity index (χ3n) is 6.16. The van der Waals surface area contributed by atoms with Crippen LogP contribution in [0.2, 0.25) is 5.15 Å². The molecule has 5 heterocycles. The molecule has 9 heteroatoms. The van der Waals surface area contributed by atoms with E-state index in [-0.39, 0.29) is 17.9 Å². The Morgan fingerprint density at radius 3 is 2.61 bits per heavy atom. The van der Waals surface area contributed by atoms with Crippen LogP contribution < -0.4 is 15.0 Å². The summed E-state index contributed by atoms with van der Waals surface area (Å²) in [5, 5.41) is 12.3. The maximum absolute atomic E-state index is 13.2. The maximum Gasteiger partial charge on any atom is 0.231 e. The van der Waals surface area contributed by atoms with Crippen LogP contribution in [0.1, 0.15) is 24.8 Å². The zero-order chi connectivity index (χ0) is 22.6. The van der Waals surface area contributed by atoms with E-state index in [0.29, 0.717) is 29.8 Å². The summed E-state index contributed by atoms with van der Waals surface area (Å²) in [6.07, 6.45) is 6.70. The van der Waals surface area contributed by atoms with E-state index in [9.17, 15) is 4.79 Å². The number of aromatic nitrogens is 4. The average molecular weight is 465 g/mol. The SMILES string of the molecule is O=C1[C@H](Cc2ccc(Cl)nc2OC2CCNCC2)CCN1c1ccc(-c2ccncc2)nn1. The Kier molecular flexibility index (Phi) is 6.46. The number of piperidine rings is 1. The average Bonchev–Trinajstić information content (AvgIpc) is 3.22. The molecule has 3 aromatic heterocycles. The number of anilines is 1. The number of carbonyl (C=O) groups excluding carboxylic acids is 1. The van der Waals surface area contributed by atoms with E-state index in [1.165, 1.54) is 0 Å². The molecule has 0 aromatic carbocycles. The summed E-state index contributed by atoms with van der Waals surface area (Å²) in [5.74, 6) is 0.997. The first-order valence-electron chi connectivity index (χ1n) is 11.3. The minimum atomic E-state index is -0.162. The molecule has 33 heavy (non-hydrogen) atoms. The van der Waals surface area contributed by atoms with E-state index >= 15 is 0 Å². The second kappa shape index (κ2) is 9.80. The number of halogens is 1. The van der Waals surface area contributed by atoms with E-state index in [0.717, 1.165) is 49.2 Å². The molecule has 170 valence electrons. The second-order valence-corrected chi connectivity index (χ2v) is 8.74. The molecule has 8 nitrogen and oxygen atoms in total. The van der Waals surface area contributed by atoms with Gasteiger partial charge >= 0.3 is 0 Å². The van der Waals surface area contributed by atoms with Gasteiger partial charge in [0.15, 0.2) is 5.82 Å². The summed E-state index contributed by atoms with van der Waals surface area (Å²) in [7, 11) is 0. The molecule has 0 radical (unpaired) electrons. The van der Waals surface area contributed by atoms with E-state index < -0.39 is 0 Å². The summed E-state index contributed by atoms with van der Waals surface area (Å²) >= 11 is 6.14. The number of hydrogen-bond acceptors (Lipinski definition) is 7. The van der Waals surface area contributed by atoms with Crippen LogP contribution in [0.15, 0.2) is 48.8 Å². The van der Waals surface area contributed by atoms with Crippen molar-refractivity contribution in [3.05, 3.63) is 59.5 Å². The lowest BCUT2D eigenvalue weighted by Crippen LogP contribution is -2.34. The third kappa shape index (κ3) is 4.96. The molecule has 2 saturated heterocycles. The number of ether oxygens (including phenoxy) is 1. The molecule has 0 saturated carbocycles. The van der Waals surface area contributed by atoms with Gasteiger partial charge in [0.25, 0.3) is 0 Å². The fourth-order valence-electron chi connectivity index (χ4n) is 4.34. The lowest BCUT2D eigenvalue weighted by molar-refractivity contribution is -0.120. The highest BCUT2D eigenvalue weighted by molar-refractivity contribution is 6.29. The van der Waals surface area contributed by atoms with Crippen molar-refractivity contribution >= 4 is 23.3 Å². The Bertz CT molecular complexity index is 1110. The Balaban J connectivity index is 1.28. The number of rotatable bonds is 6. The number of amides is 1. The predicted molar refractivity (Wildman–Crippen MR) is 125 cm³/mol. The van der Waals surface area contributed by atoms with Gasteiger partial charge in [-0.15, -0.1) is 10.2 Å². The van der Waals surface area contributed by atoms with Gasteiger partial charge in [0.1, 0.15) is 11.3 Å². The van der Waals surface area contributed by atoms with Crippen LogP contribution in [0.25, 0.3) is 11.3 Å². The second-order valence-electron chi connectivity index (χ2n) is 8.36. The van der Waals surface area contributed by atoms with Gasteiger partial charge in [-0.25, -0.2) is 4.98 Å². The zero-order valence-electron chi connectivity index (χ0n) is 18.2. The topological polar surface area (TPSA) is 93.1 Å². The Hall–Kier alpha value is -3.10. The van der Waals surface area contributed by atoms with Crippen LogP contribution in [0.5, 0.6) is 5.88 Å². The molecule has 1 N–H and O–H groups in total. The molecule has 2 fully saturated rings. The summed E-state index contributed by atoms with van der Waals surface area (Å²) in [6, 6.07) is 11.2. The van der Waals surface area contributed by atoms with Gasteiger partial charge in [-0.05, 0) is 69.1 Å². The molecular formula is C24H25ClN6O2. The van der Waals surface area contributed by atoms with Gasteiger partial charge in [0.2, 0.25) is 11.8 Å². The summed E-state index contributed by atoms with van der Waals surface area (Å²) in [4.78, 5) is 23.3. The standard InChI is InChI=1S/C24H25ClN6O2/c25-21-3-1-17(23(28-21)33-19-7-12-27-13-8-19)15-18-9-14-31(24(18)32)22-4-2-20(29-30-22)16-5-10-26-11-6-16/h1-6,10-11,18-19,27H,7-9,12-15H2/t18-/m0/s1. The summed E-state index contributed by atoms with van der Waals surface area (Å²) in [6.45, 7) is 2.47. The van der Waals surface area contributed by atoms with Crippen LogP contribution in [0.3, 0.4) is 0 Å². The van der Waals surface area contributed by atoms with Crippen molar-refractivity contribution in [1.82, 2.24) is 25.5 Å². The number of nitrogens with one attached hydrogen (secondary N) is 1. The van der Waals surface area contributed by atoms with Gasteiger partial charge in [-0.2, -0.15) is 0 Å². The third-order valence-corrected chi connectivity index (χ3v) is 6.37. The van der Waals surface area contributed by atoms with Crippen LogP contribution >= 0.6 is 11.6 Å². The highest BCUT2D eigenvalue weighted by Crippen LogP contribution is 2.31. The van der Waals surface area contributed by atoms with Crippen molar-refractivity contribution in [1.29, 1.82) is 0 Å². The van der Waals surface area contributed by atoms with Gasteiger partial charge in [-0.3, -0.25) is 14.7 Å². The fourth-order valence-corrected chi connectivity index (χ4v) is 4.48. The lowest BCUT2D eigenvalue weighted by Gasteiger charge is -2.24. The maximum atomic E-state index is 13.2. The minimum absolute atomic E-state index is 0.0451. The molecule has 0 bridgehead atoms. The molecule has 1 amide bonds. The van der Waals surface area contributed by atoms with Crippen LogP contribution in [-0.2, 0) is 11.2 Å². The molecule has 2 aliphatic rings. The van der Waals surface area contributed by atoms with Crippen molar-refractivity contribution in [2.45, 2.75) is 31.8 Å². The van der Waals surface area contributed by atoms with Gasteiger partial charge in [-0.1, -0.05) is 17.7 Å². The molecule has 3 aromatic rings. The van der Waals surface area contributed by atoms with Crippen LogP contribution in [0, 0.1) is 5.92 Å². The summed E-state index contributed by atoms with van der Waals surface area (Å²) < 4.78 is 6.19. The van der Waals surface area contributed by atoms with Crippen molar-refractivity contribution in [2.75, 3.05) is 24.5 Å². The number of hydrogen-bond donors (Lipinski definition) is 1. The number of nitrogens with zero attached hydrogens (tertiary/aromatic N) is 5. The Labute approximate surface area is 197 Å². The van der Waals surface area contributed by atoms with Gasteiger partial charge in [0.05, 0.1) is 5.69 Å². The molecule has 1 atom stereocenters. The smallest absolute Gasteiger partial charge is 0.231 e. The van der Waals surface area contributed by atoms with Crippen LogP contribution in [0.4, 0.5) is 5.82 Å². The van der Waals surface area contributed by atoms with Crippen LogP contribution in [-0.4, -0.2) is 51.8 Å². The quantitative estimate of drug-likeness (QED) is 0.559. The minimum Gasteiger partial charge on any atom is -0.474 e. The molecule has 0 unspecified atom stereocenters. The van der Waals surface area contributed by atoms with E-state index in [4.69, 9.17) is 16.3 Å². The van der Waals surface area contributed by atoms with E-state index in [2.05, 4.69) is 25.5 Å². The molecular weight excluding hydrogens is 440 g/mol.